The molecule has 9 heteroatoms. The van der Waals surface area contributed by atoms with Crippen LogP contribution in [0.5, 0.6) is 0 Å². The zero-order valence-corrected chi connectivity index (χ0v) is 15.6. The summed E-state index contributed by atoms with van der Waals surface area (Å²) in [6.45, 7) is 9.84. The second-order valence-electron chi connectivity index (χ2n) is 7.60. The summed E-state index contributed by atoms with van der Waals surface area (Å²) in [5, 5.41) is 19.8. The Morgan fingerprint density at radius 3 is 2.50 bits per heavy atom. The minimum atomic E-state index is -2.27. The predicted octanol–water partition coefficient (Wildman–Crippen LogP) is 0.178. The Bertz CT molecular complexity index is 692. The van der Waals surface area contributed by atoms with Crippen molar-refractivity contribution >= 4 is 8.32 Å². The van der Waals surface area contributed by atoms with E-state index in [2.05, 4.69) is 25.8 Å². The first-order valence-corrected chi connectivity index (χ1v) is 10.8. The standard InChI is InChI=1S/C15H26N2O6Si/c1-15(2,3)24(4,5)23-12-11(20)9(8-18)22-13(12)17-7-6-10(19)16-14(17)21/h6-7,9,11-13,18,20H,8H2,1-5H3,(H,16,19,21). The van der Waals surface area contributed by atoms with Gasteiger partial charge in [-0.2, -0.15) is 0 Å². The maximum Gasteiger partial charge on any atom is 0.330 e. The van der Waals surface area contributed by atoms with Gasteiger partial charge in [0, 0.05) is 12.3 Å². The van der Waals surface area contributed by atoms with E-state index >= 15 is 0 Å². The molecule has 1 aromatic heterocycles. The molecule has 0 bridgehead atoms. The van der Waals surface area contributed by atoms with Crippen LogP contribution < -0.4 is 11.2 Å². The highest BCUT2D eigenvalue weighted by molar-refractivity contribution is 6.74. The maximum atomic E-state index is 12.1. The molecule has 0 aliphatic carbocycles. The molecular formula is C15H26N2O6Si. The van der Waals surface area contributed by atoms with Crippen LogP contribution >= 0.6 is 0 Å². The summed E-state index contributed by atoms with van der Waals surface area (Å²) in [4.78, 5) is 25.5. The van der Waals surface area contributed by atoms with Gasteiger partial charge in [-0.05, 0) is 18.1 Å². The third kappa shape index (κ3) is 3.54. The average Bonchev–Trinajstić information content (AvgIpc) is 2.74. The Labute approximate surface area is 141 Å². The van der Waals surface area contributed by atoms with Crippen molar-refractivity contribution in [1.82, 2.24) is 9.55 Å². The number of nitrogens with one attached hydrogen (secondary N) is 1. The summed E-state index contributed by atoms with van der Waals surface area (Å²) < 4.78 is 13.1. The first-order chi connectivity index (χ1) is 11.0. The number of nitrogens with zero attached hydrogens (tertiary/aromatic N) is 1. The van der Waals surface area contributed by atoms with Gasteiger partial charge in [0.15, 0.2) is 14.5 Å². The van der Waals surface area contributed by atoms with Crippen LogP contribution in [0, 0.1) is 0 Å². The van der Waals surface area contributed by atoms with E-state index in [4.69, 9.17) is 9.16 Å². The molecule has 1 saturated heterocycles. The lowest BCUT2D eigenvalue weighted by Crippen LogP contribution is -2.49. The summed E-state index contributed by atoms with van der Waals surface area (Å²) in [5.74, 6) is 0. The van der Waals surface area contributed by atoms with Crippen molar-refractivity contribution in [3.63, 3.8) is 0 Å². The number of aromatic nitrogens is 2. The van der Waals surface area contributed by atoms with Gasteiger partial charge < -0.3 is 19.4 Å². The van der Waals surface area contributed by atoms with Crippen molar-refractivity contribution in [1.29, 1.82) is 0 Å². The second-order valence-corrected chi connectivity index (χ2v) is 12.4. The molecule has 8 nitrogen and oxygen atoms in total. The largest absolute Gasteiger partial charge is 0.407 e. The van der Waals surface area contributed by atoms with Crippen LogP contribution in [0.4, 0.5) is 0 Å². The molecule has 2 rings (SSSR count). The van der Waals surface area contributed by atoms with Crippen molar-refractivity contribution < 1.29 is 19.4 Å². The highest BCUT2D eigenvalue weighted by Gasteiger charge is 2.50. The van der Waals surface area contributed by atoms with Crippen LogP contribution in [0.25, 0.3) is 0 Å². The Kier molecular flexibility index (Phi) is 5.21. The van der Waals surface area contributed by atoms with Gasteiger partial charge in [0.1, 0.15) is 18.3 Å². The van der Waals surface area contributed by atoms with Crippen LogP contribution in [0.2, 0.25) is 18.1 Å². The van der Waals surface area contributed by atoms with Crippen molar-refractivity contribution in [2.75, 3.05) is 6.61 Å². The Morgan fingerprint density at radius 2 is 2.00 bits per heavy atom. The number of rotatable bonds is 4. The molecule has 1 aromatic rings. The topological polar surface area (TPSA) is 114 Å². The predicted molar refractivity (Wildman–Crippen MR) is 90.4 cm³/mol. The molecule has 4 unspecified atom stereocenters. The number of hydrogen-bond acceptors (Lipinski definition) is 6. The average molecular weight is 358 g/mol. The van der Waals surface area contributed by atoms with Crippen molar-refractivity contribution in [3.8, 4) is 0 Å². The van der Waals surface area contributed by atoms with Crippen LogP contribution in [0.3, 0.4) is 0 Å². The number of aromatic amines is 1. The SMILES string of the molecule is CC(C)(C)[Si](C)(C)OC1C(O)C(CO)OC1n1ccc(=O)[nH]c1=O. The van der Waals surface area contributed by atoms with E-state index in [1.165, 1.54) is 16.8 Å². The van der Waals surface area contributed by atoms with Gasteiger partial charge >= 0.3 is 5.69 Å². The lowest BCUT2D eigenvalue weighted by atomic mass is 10.1. The minimum absolute atomic E-state index is 0.107. The fourth-order valence-electron chi connectivity index (χ4n) is 2.36. The molecule has 1 aliphatic heterocycles. The van der Waals surface area contributed by atoms with Crippen LogP contribution in [-0.2, 0) is 9.16 Å². The van der Waals surface area contributed by atoms with Gasteiger partial charge in [0.25, 0.3) is 5.56 Å². The molecule has 0 aromatic carbocycles. The molecule has 0 spiro atoms. The van der Waals surface area contributed by atoms with Crippen molar-refractivity contribution in [2.24, 2.45) is 0 Å². The van der Waals surface area contributed by atoms with Gasteiger partial charge in [-0.25, -0.2) is 4.79 Å². The molecule has 0 radical (unpaired) electrons. The van der Waals surface area contributed by atoms with Crippen molar-refractivity contribution in [2.45, 2.75) is 63.4 Å². The van der Waals surface area contributed by atoms with Crippen LogP contribution in [-0.4, -0.2) is 53.0 Å². The Hall–Kier alpha value is -1.26. The molecule has 136 valence electrons. The number of aliphatic hydroxyl groups is 2. The van der Waals surface area contributed by atoms with Gasteiger partial charge in [-0.3, -0.25) is 14.3 Å². The lowest BCUT2D eigenvalue weighted by Gasteiger charge is -2.40. The molecule has 0 amide bonds. The van der Waals surface area contributed by atoms with Gasteiger partial charge in [0.2, 0.25) is 0 Å². The molecule has 1 fully saturated rings. The molecule has 2 heterocycles. The summed E-state index contributed by atoms with van der Waals surface area (Å²) in [6.07, 6.45) is -2.36. The van der Waals surface area contributed by atoms with Crippen molar-refractivity contribution in [3.05, 3.63) is 33.1 Å². The number of H-pyrrole nitrogens is 1. The summed E-state index contributed by atoms with van der Waals surface area (Å²) in [5.41, 5.74) is -1.17. The first-order valence-electron chi connectivity index (χ1n) is 7.91. The first kappa shape index (κ1) is 19.1. The van der Waals surface area contributed by atoms with E-state index in [0.29, 0.717) is 0 Å². The van der Waals surface area contributed by atoms with E-state index in [1.54, 1.807) is 0 Å². The van der Waals surface area contributed by atoms with E-state index in [-0.39, 0.29) is 5.04 Å². The molecule has 0 saturated carbocycles. The molecule has 24 heavy (non-hydrogen) atoms. The van der Waals surface area contributed by atoms with E-state index in [9.17, 15) is 19.8 Å². The number of hydrogen-bond donors (Lipinski definition) is 3. The summed E-state index contributed by atoms with van der Waals surface area (Å²) >= 11 is 0. The third-order valence-corrected chi connectivity index (χ3v) is 9.33. The highest BCUT2D eigenvalue weighted by atomic mass is 28.4. The zero-order valence-electron chi connectivity index (χ0n) is 14.6. The van der Waals surface area contributed by atoms with Gasteiger partial charge in [-0.15, -0.1) is 0 Å². The van der Waals surface area contributed by atoms with Gasteiger partial charge in [-0.1, -0.05) is 20.8 Å². The van der Waals surface area contributed by atoms with E-state index in [1.807, 2.05) is 13.1 Å². The lowest BCUT2D eigenvalue weighted by molar-refractivity contribution is -0.0534. The molecule has 3 N–H and O–H groups in total. The van der Waals surface area contributed by atoms with Crippen LogP contribution in [0.1, 0.15) is 27.0 Å². The summed E-state index contributed by atoms with van der Waals surface area (Å²) in [7, 11) is -2.27. The highest BCUT2D eigenvalue weighted by Crippen LogP contribution is 2.41. The smallest absolute Gasteiger partial charge is 0.330 e. The maximum absolute atomic E-state index is 12.1. The Balaban J connectivity index is 2.41. The van der Waals surface area contributed by atoms with Crippen LogP contribution in [0.15, 0.2) is 21.9 Å². The third-order valence-electron chi connectivity index (χ3n) is 4.85. The Morgan fingerprint density at radius 1 is 1.38 bits per heavy atom. The minimum Gasteiger partial charge on any atom is -0.407 e. The van der Waals surface area contributed by atoms with E-state index < -0.39 is 50.7 Å². The normalized spacial score (nSPS) is 28.3. The second kappa shape index (κ2) is 6.56. The molecule has 4 atom stereocenters. The zero-order chi connectivity index (χ0) is 18.3. The van der Waals surface area contributed by atoms with E-state index in [0.717, 1.165) is 0 Å². The number of aliphatic hydroxyl groups excluding tert-OH is 2. The summed E-state index contributed by atoms with van der Waals surface area (Å²) in [6, 6.07) is 1.20. The fourth-order valence-corrected chi connectivity index (χ4v) is 3.65. The molecular weight excluding hydrogens is 332 g/mol. The fraction of sp³-hybridized carbons (Fsp3) is 0.733. The molecule has 1 aliphatic rings. The quantitative estimate of drug-likeness (QED) is 0.662. The monoisotopic (exact) mass is 358 g/mol. The number of ether oxygens (including phenoxy) is 1. The van der Waals surface area contributed by atoms with Gasteiger partial charge in [0.05, 0.1) is 6.61 Å².